The molecule has 0 spiro atoms. The summed E-state index contributed by atoms with van der Waals surface area (Å²) in [6.45, 7) is 4.32. The first kappa shape index (κ1) is 18.4. The lowest BCUT2D eigenvalue weighted by molar-refractivity contribution is -0.134. The van der Waals surface area contributed by atoms with Gasteiger partial charge in [0.1, 0.15) is 5.65 Å². The van der Waals surface area contributed by atoms with Crippen LogP contribution in [0.15, 0.2) is 53.7 Å². The van der Waals surface area contributed by atoms with Crippen LogP contribution in [0.2, 0.25) is 0 Å². The number of benzene rings is 2. The first-order chi connectivity index (χ1) is 14.1. The summed E-state index contributed by atoms with van der Waals surface area (Å²) in [5.41, 5.74) is 3.77. The second-order valence-corrected chi connectivity index (χ2v) is 8.83. The average molecular weight is 405 g/mol. The molecule has 29 heavy (non-hydrogen) atoms. The number of hydrogen-bond acceptors (Lipinski definition) is 4. The first-order valence-electron chi connectivity index (χ1n) is 10.2. The van der Waals surface area contributed by atoms with Crippen LogP contribution in [0.25, 0.3) is 27.6 Å². The normalized spacial score (nSPS) is 20.0. The number of amides is 1. The van der Waals surface area contributed by atoms with Crippen LogP contribution in [0.4, 0.5) is 0 Å². The second-order valence-electron chi connectivity index (χ2n) is 7.89. The highest BCUT2D eigenvalue weighted by Crippen LogP contribution is 2.30. The summed E-state index contributed by atoms with van der Waals surface area (Å²) in [6.07, 6.45) is 3.38. The van der Waals surface area contributed by atoms with E-state index in [9.17, 15) is 4.79 Å². The molecule has 1 aliphatic heterocycles. The molecule has 148 valence electrons. The molecular weight excluding hydrogens is 380 g/mol. The van der Waals surface area contributed by atoms with Crippen LogP contribution < -0.4 is 0 Å². The maximum Gasteiger partial charge on any atom is 0.233 e. The highest BCUT2D eigenvalue weighted by molar-refractivity contribution is 7.99. The number of aromatic nitrogens is 3. The molecule has 2 aromatic carbocycles. The van der Waals surface area contributed by atoms with Crippen LogP contribution in [0.5, 0.6) is 0 Å². The third-order valence-corrected chi connectivity index (χ3v) is 6.84. The number of nitrogens with zero attached hydrogens (tertiary/aromatic N) is 4. The summed E-state index contributed by atoms with van der Waals surface area (Å²) in [5, 5.41) is 1.84. The molecule has 3 heterocycles. The van der Waals surface area contributed by atoms with Crippen LogP contribution in [0, 0.1) is 0 Å². The van der Waals surface area contributed by atoms with Crippen LogP contribution in [-0.4, -0.2) is 43.0 Å². The molecule has 0 aliphatic carbocycles. The molecule has 0 N–H and O–H groups in total. The minimum absolute atomic E-state index is 0.197. The lowest BCUT2D eigenvalue weighted by Gasteiger charge is -2.39. The Hall–Kier alpha value is -2.60. The van der Waals surface area contributed by atoms with Gasteiger partial charge in [0.15, 0.2) is 5.16 Å². The average Bonchev–Trinajstić information content (AvgIpc) is 3.12. The molecule has 1 amide bonds. The number of imidazole rings is 1. The van der Waals surface area contributed by atoms with Crippen molar-refractivity contribution in [2.24, 2.45) is 0 Å². The number of carbonyl (C=O) groups excluding carboxylic acids is 1. The third kappa shape index (κ3) is 3.15. The van der Waals surface area contributed by atoms with E-state index in [2.05, 4.69) is 35.3 Å². The van der Waals surface area contributed by atoms with E-state index >= 15 is 0 Å². The largest absolute Gasteiger partial charge is 0.337 e. The van der Waals surface area contributed by atoms with E-state index < -0.39 is 0 Å². The van der Waals surface area contributed by atoms with Gasteiger partial charge in [-0.2, -0.15) is 0 Å². The molecule has 0 saturated carbocycles. The molecule has 0 radical (unpaired) electrons. The standard InChI is InChI=1S/C23H24N4OS/c1-15-8-7-9-16(2)26(15)21(28)14-29-23-25-18-11-4-3-10-17(18)22-24-19-12-5-6-13-20(19)27(22)23/h3-6,10-13,15-16H,7-9,14H2,1-2H3/t15-,16-/m0/s1. The van der Waals surface area contributed by atoms with Crippen molar-refractivity contribution in [2.45, 2.75) is 50.4 Å². The van der Waals surface area contributed by atoms with Crippen molar-refractivity contribution in [3.05, 3.63) is 48.5 Å². The fourth-order valence-electron chi connectivity index (χ4n) is 4.52. The van der Waals surface area contributed by atoms with Crippen molar-refractivity contribution in [2.75, 3.05) is 5.75 Å². The molecule has 4 aromatic rings. The Bertz CT molecular complexity index is 1210. The fourth-order valence-corrected chi connectivity index (χ4v) is 5.40. The van der Waals surface area contributed by atoms with Crippen molar-refractivity contribution in [3.63, 3.8) is 0 Å². The third-order valence-electron chi connectivity index (χ3n) is 5.92. The minimum atomic E-state index is 0.197. The number of likely N-dealkylation sites (tertiary alicyclic amines) is 1. The van der Waals surface area contributed by atoms with Gasteiger partial charge >= 0.3 is 0 Å². The van der Waals surface area contributed by atoms with E-state index in [0.717, 1.165) is 45.6 Å². The Morgan fingerprint density at radius 1 is 1.00 bits per heavy atom. The van der Waals surface area contributed by atoms with Gasteiger partial charge in [0.25, 0.3) is 0 Å². The number of piperidine rings is 1. The summed E-state index contributed by atoms with van der Waals surface area (Å²) < 4.78 is 2.10. The molecule has 0 unspecified atom stereocenters. The van der Waals surface area contributed by atoms with Crippen molar-refractivity contribution in [3.8, 4) is 0 Å². The number of hydrogen-bond donors (Lipinski definition) is 0. The van der Waals surface area contributed by atoms with Gasteiger partial charge in [0.2, 0.25) is 5.91 Å². The Labute approximate surface area is 174 Å². The molecule has 1 saturated heterocycles. The van der Waals surface area contributed by atoms with Gasteiger partial charge in [-0.1, -0.05) is 36.0 Å². The van der Waals surface area contributed by atoms with Gasteiger partial charge in [-0.15, -0.1) is 0 Å². The van der Waals surface area contributed by atoms with Gasteiger partial charge in [-0.25, -0.2) is 9.97 Å². The molecule has 1 fully saturated rings. The predicted octanol–water partition coefficient (Wildman–Crippen LogP) is 4.92. The Morgan fingerprint density at radius 2 is 1.69 bits per heavy atom. The first-order valence-corrected chi connectivity index (χ1v) is 11.2. The van der Waals surface area contributed by atoms with Gasteiger partial charge < -0.3 is 4.90 Å². The van der Waals surface area contributed by atoms with E-state index in [1.165, 1.54) is 18.2 Å². The van der Waals surface area contributed by atoms with Gasteiger partial charge in [-0.05, 0) is 57.4 Å². The lowest BCUT2D eigenvalue weighted by atomic mass is 9.98. The molecule has 1 aliphatic rings. The van der Waals surface area contributed by atoms with E-state index in [1.807, 2.05) is 36.4 Å². The summed E-state index contributed by atoms with van der Waals surface area (Å²) in [7, 11) is 0. The van der Waals surface area contributed by atoms with E-state index in [-0.39, 0.29) is 5.91 Å². The van der Waals surface area contributed by atoms with Crippen LogP contribution in [-0.2, 0) is 4.79 Å². The van der Waals surface area contributed by atoms with Crippen LogP contribution >= 0.6 is 11.8 Å². The van der Waals surface area contributed by atoms with Crippen LogP contribution in [0.3, 0.4) is 0 Å². The molecule has 2 atom stereocenters. The molecule has 6 heteroatoms. The summed E-state index contributed by atoms with van der Waals surface area (Å²) in [4.78, 5) is 24.9. The van der Waals surface area contributed by atoms with Crippen molar-refractivity contribution in [1.82, 2.24) is 19.3 Å². The monoisotopic (exact) mass is 404 g/mol. The topological polar surface area (TPSA) is 50.5 Å². The number of fused-ring (bicyclic) bond motifs is 5. The zero-order valence-electron chi connectivity index (χ0n) is 16.7. The lowest BCUT2D eigenvalue weighted by Crippen LogP contribution is -2.48. The maximum atomic E-state index is 13.0. The van der Waals surface area contributed by atoms with E-state index in [0.29, 0.717) is 17.8 Å². The number of thioether (sulfide) groups is 1. The maximum absolute atomic E-state index is 13.0. The highest BCUT2D eigenvalue weighted by atomic mass is 32.2. The quantitative estimate of drug-likeness (QED) is 0.359. The Balaban J connectivity index is 1.56. The smallest absolute Gasteiger partial charge is 0.233 e. The predicted molar refractivity (Wildman–Crippen MR) is 118 cm³/mol. The van der Waals surface area contributed by atoms with Gasteiger partial charge in [0.05, 0.1) is 22.3 Å². The second kappa shape index (κ2) is 7.34. The van der Waals surface area contributed by atoms with Gasteiger partial charge in [-0.3, -0.25) is 9.20 Å². The molecule has 5 rings (SSSR count). The fraction of sp³-hybridized carbons (Fsp3) is 0.348. The molecular formula is C23H24N4OS. The van der Waals surface area contributed by atoms with E-state index in [1.54, 1.807) is 0 Å². The molecule has 5 nitrogen and oxygen atoms in total. The van der Waals surface area contributed by atoms with Crippen molar-refractivity contribution < 1.29 is 4.79 Å². The van der Waals surface area contributed by atoms with Crippen molar-refractivity contribution in [1.29, 1.82) is 0 Å². The zero-order chi connectivity index (χ0) is 20.0. The number of para-hydroxylation sites is 3. The Morgan fingerprint density at radius 3 is 2.48 bits per heavy atom. The SMILES string of the molecule is C[C@H]1CCC[C@H](C)N1C(=O)CSc1nc2ccccc2c2nc3ccccc3n12. The number of carbonyl (C=O) groups is 1. The van der Waals surface area contributed by atoms with E-state index in [4.69, 9.17) is 9.97 Å². The molecule has 0 bridgehead atoms. The highest BCUT2D eigenvalue weighted by Gasteiger charge is 2.29. The molecule has 2 aromatic heterocycles. The zero-order valence-corrected chi connectivity index (χ0v) is 17.5. The van der Waals surface area contributed by atoms with Crippen LogP contribution in [0.1, 0.15) is 33.1 Å². The van der Waals surface area contributed by atoms with Crippen molar-refractivity contribution >= 4 is 45.3 Å². The summed E-state index contributed by atoms with van der Waals surface area (Å²) in [6, 6.07) is 16.8. The minimum Gasteiger partial charge on any atom is -0.337 e. The van der Waals surface area contributed by atoms with Gasteiger partial charge in [0, 0.05) is 17.5 Å². The Kier molecular flexibility index (Phi) is 4.66. The number of rotatable bonds is 3. The summed E-state index contributed by atoms with van der Waals surface area (Å²) in [5.74, 6) is 0.587. The summed E-state index contributed by atoms with van der Waals surface area (Å²) >= 11 is 1.51.